The molecule has 0 aliphatic carbocycles. The lowest BCUT2D eigenvalue weighted by atomic mass is 10.3. The maximum absolute atomic E-state index is 10.9. The van der Waals surface area contributed by atoms with Gasteiger partial charge in [-0.3, -0.25) is 0 Å². The molecule has 0 fully saturated rings. The molecule has 2 heterocycles. The van der Waals surface area contributed by atoms with E-state index in [1.807, 2.05) is 6.07 Å². The second-order valence-electron chi connectivity index (χ2n) is 3.63. The van der Waals surface area contributed by atoms with Gasteiger partial charge in [0.1, 0.15) is 0 Å². The van der Waals surface area contributed by atoms with Crippen LogP contribution in [0.4, 0.5) is 11.6 Å². The topological polar surface area (TPSA) is 82.1 Å². The molecule has 0 saturated heterocycles. The zero-order chi connectivity index (χ0) is 12.4. The predicted octanol–water partition coefficient (Wildman–Crippen LogP) is 1.58. The van der Waals surface area contributed by atoms with Gasteiger partial charge >= 0.3 is 5.97 Å². The van der Waals surface area contributed by atoms with Crippen molar-refractivity contribution < 1.29 is 9.90 Å². The Morgan fingerprint density at radius 2 is 2.24 bits per heavy atom. The van der Waals surface area contributed by atoms with E-state index in [0.717, 1.165) is 5.69 Å². The Bertz CT molecular complexity index is 536. The number of carboxylic acid groups (broad SMARTS) is 1. The van der Waals surface area contributed by atoms with Crippen LogP contribution in [0.25, 0.3) is 0 Å². The van der Waals surface area contributed by atoms with Crippen molar-refractivity contribution in [2.45, 2.75) is 6.92 Å². The number of hydrogen-bond acceptors (Lipinski definition) is 4. The number of hydrogen-bond donors (Lipinski definition) is 2. The number of carbonyl (C=O) groups is 1. The quantitative estimate of drug-likeness (QED) is 0.839. The average Bonchev–Trinajstić information content (AvgIpc) is 2.80. The number of aromatic carboxylic acids is 1. The van der Waals surface area contributed by atoms with Gasteiger partial charge in [-0.15, -0.1) is 0 Å². The highest BCUT2D eigenvalue weighted by atomic mass is 16.4. The molecular weight excluding hydrogens is 220 g/mol. The molecule has 2 aromatic rings. The molecule has 0 radical (unpaired) electrons. The number of anilines is 2. The number of carboxylic acids is 1. The summed E-state index contributed by atoms with van der Waals surface area (Å²) in [5.41, 5.74) is 1.48. The number of H-pyrrole nitrogens is 1. The van der Waals surface area contributed by atoms with Gasteiger partial charge in [0.25, 0.3) is 0 Å². The second kappa shape index (κ2) is 4.25. The van der Waals surface area contributed by atoms with E-state index in [9.17, 15) is 4.79 Å². The maximum Gasteiger partial charge on any atom is 0.354 e. The first-order valence-corrected chi connectivity index (χ1v) is 5.03. The van der Waals surface area contributed by atoms with E-state index in [2.05, 4.69) is 15.0 Å². The zero-order valence-electron chi connectivity index (χ0n) is 9.51. The number of nitrogens with one attached hydrogen (secondary N) is 1. The van der Waals surface area contributed by atoms with E-state index >= 15 is 0 Å². The molecule has 0 bridgehead atoms. The zero-order valence-corrected chi connectivity index (χ0v) is 9.51. The molecule has 0 unspecified atom stereocenters. The highest BCUT2D eigenvalue weighted by molar-refractivity contribution is 5.85. The van der Waals surface area contributed by atoms with E-state index in [0.29, 0.717) is 11.6 Å². The molecule has 0 aromatic carbocycles. The summed E-state index contributed by atoms with van der Waals surface area (Å²) in [6, 6.07) is 3.29. The van der Waals surface area contributed by atoms with E-state index in [-0.39, 0.29) is 5.69 Å². The van der Waals surface area contributed by atoms with Crippen LogP contribution in [0.15, 0.2) is 24.5 Å². The van der Waals surface area contributed by atoms with Gasteiger partial charge in [-0.2, -0.15) is 0 Å². The highest BCUT2D eigenvalue weighted by Gasteiger charge is 2.12. The number of aryl methyl sites for hydroxylation is 1. The normalized spacial score (nSPS) is 10.2. The average molecular weight is 232 g/mol. The van der Waals surface area contributed by atoms with Crippen molar-refractivity contribution in [1.29, 1.82) is 0 Å². The molecule has 6 nitrogen and oxygen atoms in total. The Kier molecular flexibility index (Phi) is 2.78. The summed E-state index contributed by atoms with van der Waals surface area (Å²) in [5.74, 6) is -0.693. The van der Waals surface area contributed by atoms with E-state index in [1.165, 1.54) is 6.07 Å². The molecule has 2 rings (SSSR count). The molecule has 0 saturated carbocycles. The lowest BCUT2D eigenvalue weighted by Gasteiger charge is -2.15. The van der Waals surface area contributed by atoms with Crippen LogP contribution in [0.1, 0.15) is 16.2 Å². The first-order chi connectivity index (χ1) is 8.08. The van der Waals surface area contributed by atoms with Crippen molar-refractivity contribution in [3.05, 3.63) is 35.9 Å². The van der Waals surface area contributed by atoms with E-state index in [4.69, 9.17) is 5.11 Å². The SMILES string of the molecule is Cc1cc(C(=O)O)nc(N(C)c2cc[nH]c2)n1. The van der Waals surface area contributed by atoms with Crippen LogP contribution in [0.2, 0.25) is 0 Å². The fourth-order valence-corrected chi connectivity index (χ4v) is 1.45. The van der Waals surface area contributed by atoms with Crippen molar-refractivity contribution in [3.8, 4) is 0 Å². The molecule has 0 aliphatic heterocycles. The van der Waals surface area contributed by atoms with Gasteiger partial charge in [-0.1, -0.05) is 0 Å². The van der Waals surface area contributed by atoms with Crippen molar-refractivity contribution in [2.75, 3.05) is 11.9 Å². The van der Waals surface area contributed by atoms with Crippen molar-refractivity contribution >= 4 is 17.6 Å². The fraction of sp³-hybridized carbons (Fsp3) is 0.182. The van der Waals surface area contributed by atoms with Crippen LogP contribution in [0.3, 0.4) is 0 Å². The number of aromatic amines is 1. The molecule has 2 N–H and O–H groups in total. The Labute approximate surface area is 97.9 Å². The minimum atomic E-state index is -1.06. The lowest BCUT2D eigenvalue weighted by molar-refractivity contribution is 0.0690. The molecule has 6 heteroatoms. The molecular formula is C11H12N4O2. The maximum atomic E-state index is 10.9. The third-order valence-corrected chi connectivity index (χ3v) is 2.33. The smallest absolute Gasteiger partial charge is 0.354 e. The summed E-state index contributed by atoms with van der Waals surface area (Å²) < 4.78 is 0. The highest BCUT2D eigenvalue weighted by Crippen LogP contribution is 2.19. The van der Waals surface area contributed by atoms with Gasteiger partial charge in [0.05, 0.1) is 5.69 Å². The molecule has 0 amide bonds. The summed E-state index contributed by atoms with van der Waals surface area (Å²) in [5, 5.41) is 8.93. The van der Waals surface area contributed by atoms with Gasteiger partial charge in [0, 0.05) is 25.1 Å². The van der Waals surface area contributed by atoms with Gasteiger partial charge < -0.3 is 15.0 Å². The van der Waals surface area contributed by atoms with Crippen molar-refractivity contribution in [1.82, 2.24) is 15.0 Å². The van der Waals surface area contributed by atoms with Crippen LogP contribution < -0.4 is 4.90 Å². The number of rotatable bonds is 3. The Balaban J connectivity index is 2.42. The minimum Gasteiger partial charge on any atom is -0.477 e. The summed E-state index contributed by atoms with van der Waals surface area (Å²) in [7, 11) is 1.78. The van der Waals surface area contributed by atoms with Gasteiger partial charge in [0.2, 0.25) is 5.95 Å². The van der Waals surface area contributed by atoms with Crippen LogP contribution in [-0.2, 0) is 0 Å². The van der Waals surface area contributed by atoms with Crippen LogP contribution >= 0.6 is 0 Å². The molecule has 17 heavy (non-hydrogen) atoms. The Morgan fingerprint density at radius 3 is 2.82 bits per heavy atom. The standard InChI is InChI=1S/C11H12N4O2/c1-7-5-9(10(16)17)14-11(13-7)15(2)8-3-4-12-6-8/h3-6,12H,1-2H3,(H,16,17). The first kappa shape index (κ1) is 11.1. The molecule has 0 aliphatic rings. The molecule has 0 spiro atoms. The predicted molar refractivity (Wildman–Crippen MR) is 62.6 cm³/mol. The van der Waals surface area contributed by atoms with E-state index < -0.39 is 5.97 Å². The van der Waals surface area contributed by atoms with Crippen LogP contribution in [0, 0.1) is 6.92 Å². The molecule has 2 aromatic heterocycles. The summed E-state index contributed by atoms with van der Waals surface area (Å²) in [6.07, 6.45) is 3.56. The van der Waals surface area contributed by atoms with Crippen molar-refractivity contribution in [3.63, 3.8) is 0 Å². The van der Waals surface area contributed by atoms with Crippen LogP contribution in [-0.4, -0.2) is 33.1 Å². The summed E-state index contributed by atoms with van der Waals surface area (Å²) in [4.78, 5) is 23.7. The number of nitrogens with zero attached hydrogens (tertiary/aromatic N) is 3. The number of aromatic nitrogens is 3. The van der Waals surface area contributed by atoms with E-state index in [1.54, 1.807) is 31.3 Å². The second-order valence-corrected chi connectivity index (χ2v) is 3.63. The van der Waals surface area contributed by atoms with Gasteiger partial charge in [-0.25, -0.2) is 14.8 Å². The summed E-state index contributed by atoms with van der Waals surface area (Å²) in [6.45, 7) is 1.74. The van der Waals surface area contributed by atoms with Crippen molar-refractivity contribution in [2.24, 2.45) is 0 Å². The lowest BCUT2D eigenvalue weighted by Crippen LogP contribution is -2.15. The Hall–Kier alpha value is -2.37. The summed E-state index contributed by atoms with van der Waals surface area (Å²) >= 11 is 0. The first-order valence-electron chi connectivity index (χ1n) is 5.03. The third kappa shape index (κ3) is 2.25. The molecule has 88 valence electrons. The van der Waals surface area contributed by atoms with Gasteiger partial charge in [-0.05, 0) is 19.1 Å². The minimum absolute atomic E-state index is 0.00474. The largest absolute Gasteiger partial charge is 0.477 e. The third-order valence-electron chi connectivity index (χ3n) is 2.33. The van der Waals surface area contributed by atoms with Crippen LogP contribution in [0.5, 0.6) is 0 Å². The monoisotopic (exact) mass is 232 g/mol. The molecule has 0 atom stereocenters. The Morgan fingerprint density at radius 1 is 1.47 bits per heavy atom. The fourth-order valence-electron chi connectivity index (χ4n) is 1.45. The van der Waals surface area contributed by atoms with Gasteiger partial charge in [0.15, 0.2) is 5.69 Å².